The Morgan fingerprint density at radius 3 is 2.28 bits per heavy atom. The van der Waals surface area contributed by atoms with Gasteiger partial charge in [-0.15, -0.1) is 0 Å². The molecule has 1 aliphatic heterocycles. The molecular formula is C25H36N4O3. The highest BCUT2D eigenvalue weighted by molar-refractivity contribution is 5.79. The summed E-state index contributed by atoms with van der Waals surface area (Å²) in [5.74, 6) is 2.78. The molecule has 2 aromatic rings. The Hall–Kier alpha value is -2.93. The molecule has 0 amide bonds. The molecule has 1 heterocycles. The van der Waals surface area contributed by atoms with E-state index < -0.39 is 0 Å². The first-order chi connectivity index (χ1) is 15.7. The van der Waals surface area contributed by atoms with Crippen LogP contribution in [-0.2, 0) is 6.42 Å². The molecule has 1 saturated heterocycles. The Kier molecular flexibility index (Phi) is 9.04. The van der Waals surface area contributed by atoms with Gasteiger partial charge in [0.1, 0.15) is 0 Å². The topological polar surface area (TPSA) is 67.4 Å². The third-order valence-corrected chi connectivity index (χ3v) is 5.92. The average molecular weight is 441 g/mol. The lowest BCUT2D eigenvalue weighted by molar-refractivity contribution is 0.245. The first kappa shape index (κ1) is 23.7. The van der Waals surface area contributed by atoms with E-state index in [4.69, 9.17) is 14.2 Å². The van der Waals surface area contributed by atoms with Gasteiger partial charge in [-0.3, -0.25) is 9.89 Å². The second kappa shape index (κ2) is 12.2. The fourth-order valence-corrected chi connectivity index (χ4v) is 4.28. The maximum Gasteiger partial charge on any atom is 0.203 e. The molecule has 0 radical (unpaired) electrons. The third-order valence-electron chi connectivity index (χ3n) is 5.92. The third kappa shape index (κ3) is 5.85. The van der Waals surface area contributed by atoms with Gasteiger partial charge in [0.2, 0.25) is 5.75 Å². The Morgan fingerprint density at radius 1 is 0.938 bits per heavy atom. The van der Waals surface area contributed by atoms with Crippen LogP contribution in [-0.4, -0.2) is 65.4 Å². The summed E-state index contributed by atoms with van der Waals surface area (Å²) in [6, 6.07) is 15.0. The number of likely N-dealkylation sites (tertiary alicyclic amines) is 1. The Balaban J connectivity index is 1.59. The van der Waals surface area contributed by atoms with E-state index in [1.165, 1.54) is 18.4 Å². The number of nitrogens with one attached hydrogen (secondary N) is 2. The summed E-state index contributed by atoms with van der Waals surface area (Å²) in [6.07, 6.45) is 3.30. The number of aliphatic imine (C=N–C) groups is 1. The van der Waals surface area contributed by atoms with Crippen LogP contribution in [0.4, 0.5) is 0 Å². The van der Waals surface area contributed by atoms with Gasteiger partial charge in [0, 0.05) is 25.7 Å². The van der Waals surface area contributed by atoms with E-state index in [9.17, 15) is 0 Å². The van der Waals surface area contributed by atoms with Crippen LogP contribution in [0.25, 0.3) is 0 Å². The smallest absolute Gasteiger partial charge is 0.203 e. The van der Waals surface area contributed by atoms with E-state index in [2.05, 4.69) is 50.9 Å². The lowest BCUT2D eigenvalue weighted by atomic mass is 10.1. The molecule has 32 heavy (non-hydrogen) atoms. The molecule has 1 unspecified atom stereocenters. The Labute approximate surface area is 191 Å². The van der Waals surface area contributed by atoms with Gasteiger partial charge in [-0.2, -0.15) is 0 Å². The first-order valence-corrected chi connectivity index (χ1v) is 11.2. The molecule has 0 aliphatic carbocycles. The second-order valence-corrected chi connectivity index (χ2v) is 7.79. The predicted octanol–water partition coefficient (Wildman–Crippen LogP) is 3.26. The van der Waals surface area contributed by atoms with Crippen molar-refractivity contribution in [3.05, 3.63) is 53.6 Å². The zero-order valence-electron chi connectivity index (χ0n) is 19.7. The summed E-state index contributed by atoms with van der Waals surface area (Å²) < 4.78 is 16.5. The van der Waals surface area contributed by atoms with Gasteiger partial charge in [-0.1, -0.05) is 36.4 Å². The summed E-state index contributed by atoms with van der Waals surface area (Å²) in [4.78, 5) is 6.97. The van der Waals surface area contributed by atoms with Gasteiger partial charge in [0.15, 0.2) is 17.5 Å². The number of hydrogen-bond donors (Lipinski definition) is 2. The van der Waals surface area contributed by atoms with Crippen molar-refractivity contribution in [2.75, 3.05) is 54.6 Å². The molecule has 174 valence electrons. The molecule has 7 nitrogen and oxygen atoms in total. The highest BCUT2D eigenvalue weighted by Gasteiger charge is 2.23. The second-order valence-electron chi connectivity index (χ2n) is 7.79. The molecule has 1 aliphatic rings. The number of methoxy groups -OCH3 is 3. The molecule has 1 atom stereocenters. The lowest BCUT2D eigenvalue weighted by Gasteiger charge is -2.29. The first-order valence-electron chi connectivity index (χ1n) is 11.2. The number of benzene rings is 2. The van der Waals surface area contributed by atoms with E-state index in [1.807, 2.05) is 12.1 Å². The van der Waals surface area contributed by atoms with Crippen molar-refractivity contribution in [1.29, 1.82) is 0 Å². The molecule has 0 aromatic heterocycles. The van der Waals surface area contributed by atoms with E-state index in [-0.39, 0.29) is 0 Å². The SMILES string of the molecule is CN=C(NCCc1ccc(OC)c(OC)c1OC)NCC(c1ccccc1)N1CCCC1. The van der Waals surface area contributed by atoms with E-state index >= 15 is 0 Å². The standard InChI is InChI=1S/C25H36N4O3/c1-26-25(27-15-14-20-12-13-22(30-2)24(32-4)23(20)31-3)28-18-21(29-16-8-9-17-29)19-10-6-5-7-11-19/h5-7,10-13,21H,8-9,14-18H2,1-4H3,(H2,26,27,28). The van der Waals surface area contributed by atoms with Gasteiger partial charge < -0.3 is 24.8 Å². The monoisotopic (exact) mass is 440 g/mol. The summed E-state index contributed by atoms with van der Waals surface area (Å²) in [6.45, 7) is 3.81. The summed E-state index contributed by atoms with van der Waals surface area (Å²) >= 11 is 0. The van der Waals surface area contributed by atoms with Gasteiger partial charge in [0.25, 0.3) is 0 Å². The molecule has 7 heteroatoms. The van der Waals surface area contributed by atoms with Crippen LogP contribution in [0.15, 0.2) is 47.5 Å². The number of hydrogen-bond acceptors (Lipinski definition) is 5. The number of nitrogens with zero attached hydrogens (tertiary/aromatic N) is 2. The molecule has 0 saturated carbocycles. The van der Waals surface area contributed by atoms with Crippen molar-refractivity contribution in [2.24, 2.45) is 4.99 Å². The molecule has 2 N–H and O–H groups in total. The van der Waals surface area contributed by atoms with Gasteiger partial charge in [0.05, 0.1) is 27.4 Å². The van der Waals surface area contributed by atoms with Crippen LogP contribution in [0.1, 0.15) is 30.0 Å². The molecule has 0 bridgehead atoms. The molecular weight excluding hydrogens is 404 g/mol. The fourth-order valence-electron chi connectivity index (χ4n) is 4.28. The van der Waals surface area contributed by atoms with Crippen molar-refractivity contribution in [3.8, 4) is 17.2 Å². The minimum atomic E-state index is 0.336. The molecule has 1 fully saturated rings. The van der Waals surface area contributed by atoms with Crippen molar-refractivity contribution in [3.63, 3.8) is 0 Å². The van der Waals surface area contributed by atoms with Crippen LogP contribution in [0, 0.1) is 0 Å². The van der Waals surface area contributed by atoms with Gasteiger partial charge in [-0.05, 0) is 44.0 Å². The largest absolute Gasteiger partial charge is 0.493 e. The highest BCUT2D eigenvalue weighted by atomic mass is 16.5. The minimum Gasteiger partial charge on any atom is -0.493 e. The Bertz CT molecular complexity index is 867. The van der Waals surface area contributed by atoms with Crippen LogP contribution in [0.5, 0.6) is 17.2 Å². The van der Waals surface area contributed by atoms with E-state index in [1.54, 1.807) is 28.4 Å². The summed E-state index contributed by atoms with van der Waals surface area (Å²) in [7, 11) is 6.70. The van der Waals surface area contributed by atoms with Crippen LogP contribution in [0.2, 0.25) is 0 Å². The molecule has 0 spiro atoms. The van der Waals surface area contributed by atoms with Crippen LogP contribution >= 0.6 is 0 Å². The van der Waals surface area contributed by atoms with Crippen molar-refractivity contribution in [2.45, 2.75) is 25.3 Å². The van der Waals surface area contributed by atoms with Gasteiger partial charge >= 0.3 is 0 Å². The maximum absolute atomic E-state index is 5.59. The zero-order chi connectivity index (χ0) is 22.8. The minimum absolute atomic E-state index is 0.336. The van der Waals surface area contributed by atoms with E-state index in [0.717, 1.165) is 37.6 Å². The average Bonchev–Trinajstić information content (AvgIpc) is 3.37. The number of guanidine groups is 1. The maximum atomic E-state index is 5.59. The molecule has 3 rings (SSSR count). The zero-order valence-corrected chi connectivity index (χ0v) is 19.7. The van der Waals surface area contributed by atoms with Crippen LogP contribution in [0.3, 0.4) is 0 Å². The summed E-state index contributed by atoms with van der Waals surface area (Å²) in [5.41, 5.74) is 2.39. The summed E-state index contributed by atoms with van der Waals surface area (Å²) in [5, 5.41) is 6.95. The quantitative estimate of drug-likeness (QED) is 0.437. The van der Waals surface area contributed by atoms with Crippen molar-refractivity contribution < 1.29 is 14.2 Å². The number of rotatable bonds is 10. The van der Waals surface area contributed by atoms with Crippen molar-refractivity contribution >= 4 is 5.96 Å². The van der Waals surface area contributed by atoms with Crippen molar-refractivity contribution in [1.82, 2.24) is 15.5 Å². The Morgan fingerprint density at radius 2 is 1.66 bits per heavy atom. The number of ether oxygens (including phenoxy) is 3. The fraction of sp³-hybridized carbons (Fsp3) is 0.480. The van der Waals surface area contributed by atoms with Crippen LogP contribution < -0.4 is 24.8 Å². The molecule has 2 aromatic carbocycles. The van der Waals surface area contributed by atoms with Gasteiger partial charge in [-0.25, -0.2) is 0 Å². The van der Waals surface area contributed by atoms with E-state index in [0.29, 0.717) is 29.8 Å². The highest BCUT2D eigenvalue weighted by Crippen LogP contribution is 2.39. The normalized spacial score (nSPS) is 15.3. The lowest BCUT2D eigenvalue weighted by Crippen LogP contribution is -2.43. The predicted molar refractivity (Wildman–Crippen MR) is 129 cm³/mol.